The fraction of sp³-hybridized carbons (Fsp3) is 0.286. The molecular formula is C28H26F4N4O. The number of carbonyl (C=O) groups excluding carboxylic acids is 1. The van der Waals surface area contributed by atoms with Crippen LogP contribution >= 0.6 is 0 Å². The maximum Gasteiger partial charge on any atom is 0.416 e. The number of carbonyl (C=O) groups is 1. The Bertz CT molecular complexity index is 1400. The number of hydrogen-bond acceptors (Lipinski definition) is 3. The summed E-state index contributed by atoms with van der Waals surface area (Å²) in [5, 5.41) is 2.88. The molecule has 0 bridgehead atoms. The van der Waals surface area contributed by atoms with Crippen molar-refractivity contribution >= 4 is 17.2 Å². The maximum absolute atomic E-state index is 13.7. The number of benzene rings is 2. The van der Waals surface area contributed by atoms with Crippen LogP contribution in [0.2, 0.25) is 0 Å². The van der Waals surface area contributed by atoms with E-state index in [1.807, 2.05) is 24.3 Å². The standard InChI is InChI=1S/C28H26F4N4O/c1-18-26(36-17-23(29)8-11-25(36)34-18)27(37)33-16-19-2-9-24(10-3-19)35-14-12-21(13-15-35)20-4-6-22(7-5-20)28(30,31)32/h2-11,17,21H,12-16H2,1H3,(H,33,37). The van der Waals surface area contributed by atoms with Gasteiger partial charge in [-0.2, -0.15) is 13.2 Å². The number of amides is 1. The quantitative estimate of drug-likeness (QED) is 0.330. The van der Waals surface area contributed by atoms with Crippen LogP contribution in [0.15, 0.2) is 66.9 Å². The fourth-order valence-corrected chi connectivity index (χ4v) is 4.92. The summed E-state index contributed by atoms with van der Waals surface area (Å²) in [4.78, 5) is 19.4. The number of aromatic nitrogens is 2. The van der Waals surface area contributed by atoms with Gasteiger partial charge in [0.1, 0.15) is 17.2 Å². The lowest BCUT2D eigenvalue weighted by Crippen LogP contribution is -2.32. The number of rotatable bonds is 5. The maximum atomic E-state index is 13.7. The Morgan fingerprint density at radius 2 is 1.68 bits per heavy atom. The van der Waals surface area contributed by atoms with Gasteiger partial charge in [-0.05, 0) is 73.2 Å². The number of aryl methyl sites for hydroxylation is 1. The van der Waals surface area contributed by atoms with Crippen LogP contribution in [-0.2, 0) is 12.7 Å². The summed E-state index contributed by atoms with van der Waals surface area (Å²) in [5.74, 6) is -0.535. The average molecular weight is 511 g/mol. The number of anilines is 1. The molecule has 0 radical (unpaired) electrons. The van der Waals surface area contributed by atoms with Gasteiger partial charge in [0, 0.05) is 31.5 Å². The van der Waals surface area contributed by atoms with E-state index in [2.05, 4.69) is 15.2 Å². The number of piperidine rings is 1. The highest BCUT2D eigenvalue weighted by Crippen LogP contribution is 2.34. The van der Waals surface area contributed by atoms with Gasteiger partial charge in [-0.25, -0.2) is 9.37 Å². The van der Waals surface area contributed by atoms with E-state index in [1.165, 1.54) is 22.7 Å². The van der Waals surface area contributed by atoms with E-state index in [1.54, 1.807) is 19.1 Å². The molecule has 5 nitrogen and oxygen atoms in total. The molecule has 0 saturated carbocycles. The molecule has 5 rings (SSSR count). The number of fused-ring (bicyclic) bond motifs is 1. The Morgan fingerprint density at radius 1 is 1.00 bits per heavy atom. The Kier molecular flexibility index (Phi) is 6.62. The topological polar surface area (TPSA) is 49.6 Å². The number of nitrogens with one attached hydrogen (secondary N) is 1. The van der Waals surface area contributed by atoms with Crippen LogP contribution in [0.25, 0.3) is 5.65 Å². The van der Waals surface area contributed by atoms with Gasteiger partial charge >= 0.3 is 6.18 Å². The highest BCUT2D eigenvalue weighted by molar-refractivity contribution is 5.94. The SMILES string of the molecule is Cc1nc2ccc(F)cn2c1C(=O)NCc1ccc(N2CCC(c3ccc(C(F)(F)F)cc3)CC2)cc1. The van der Waals surface area contributed by atoms with Crippen molar-refractivity contribution in [1.82, 2.24) is 14.7 Å². The molecule has 0 unspecified atom stereocenters. The highest BCUT2D eigenvalue weighted by Gasteiger charge is 2.30. The zero-order chi connectivity index (χ0) is 26.2. The number of nitrogens with zero attached hydrogens (tertiary/aromatic N) is 3. The molecule has 1 aliphatic heterocycles. The zero-order valence-corrected chi connectivity index (χ0v) is 20.2. The van der Waals surface area contributed by atoms with Crippen molar-refractivity contribution in [3.63, 3.8) is 0 Å². The van der Waals surface area contributed by atoms with Gasteiger partial charge in [-0.1, -0.05) is 24.3 Å². The molecule has 1 amide bonds. The molecule has 1 fully saturated rings. The molecule has 0 spiro atoms. The van der Waals surface area contributed by atoms with E-state index in [9.17, 15) is 22.4 Å². The average Bonchev–Trinajstić information content (AvgIpc) is 3.22. The van der Waals surface area contributed by atoms with Crippen LogP contribution in [-0.4, -0.2) is 28.4 Å². The van der Waals surface area contributed by atoms with Crippen LogP contribution in [0.3, 0.4) is 0 Å². The first-order chi connectivity index (χ1) is 17.7. The van der Waals surface area contributed by atoms with E-state index < -0.39 is 17.6 Å². The highest BCUT2D eigenvalue weighted by atomic mass is 19.4. The minimum atomic E-state index is -4.32. The van der Waals surface area contributed by atoms with Crippen LogP contribution in [0.1, 0.15) is 51.6 Å². The molecule has 1 aliphatic rings. The van der Waals surface area contributed by atoms with E-state index in [0.717, 1.165) is 54.9 Å². The van der Waals surface area contributed by atoms with Crippen LogP contribution < -0.4 is 10.2 Å². The molecule has 0 atom stereocenters. The summed E-state index contributed by atoms with van der Waals surface area (Å²) in [7, 11) is 0. The third-order valence-electron chi connectivity index (χ3n) is 6.93. The molecule has 0 aliphatic carbocycles. The number of pyridine rings is 1. The number of imidazole rings is 1. The van der Waals surface area contributed by atoms with E-state index >= 15 is 0 Å². The first-order valence-electron chi connectivity index (χ1n) is 12.1. The first kappa shape index (κ1) is 24.8. The Balaban J connectivity index is 1.16. The third kappa shape index (κ3) is 5.30. The molecule has 1 saturated heterocycles. The van der Waals surface area contributed by atoms with Gasteiger partial charge in [-0.3, -0.25) is 9.20 Å². The lowest BCUT2D eigenvalue weighted by molar-refractivity contribution is -0.137. The summed E-state index contributed by atoms with van der Waals surface area (Å²) >= 11 is 0. The van der Waals surface area contributed by atoms with Crippen molar-refractivity contribution in [1.29, 1.82) is 0 Å². The predicted octanol–water partition coefficient (Wildman–Crippen LogP) is 6.11. The minimum absolute atomic E-state index is 0.240. The van der Waals surface area contributed by atoms with E-state index in [4.69, 9.17) is 0 Å². The molecule has 37 heavy (non-hydrogen) atoms. The molecule has 1 N–H and O–H groups in total. The number of halogens is 4. The largest absolute Gasteiger partial charge is 0.416 e. The molecular weight excluding hydrogens is 484 g/mol. The third-order valence-corrected chi connectivity index (χ3v) is 6.93. The second-order valence-corrected chi connectivity index (χ2v) is 9.35. The van der Waals surface area contributed by atoms with Crippen LogP contribution in [0, 0.1) is 12.7 Å². The molecule has 3 heterocycles. The van der Waals surface area contributed by atoms with Gasteiger partial charge in [0.05, 0.1) is 11.3 Å². The van der Waals surface area contributed by atoms with Gasteiger partial charge in [-0.15, -0.1) is 0 Å². The Hall–Kier alpha value is -3.88. The Labute approximate surface area is 211 Å². The summed E-state index contributed by atoms with van der Waals surface area (Å²) in [6.07, 6.45) is -1.34. The summed E-state index contributed by atoms with van der Waals surface area (Å²) in [6, 6.07) is 16.3. The van der Waals surface area contributed by atoms with Gasteiger partial charge in [0.15, 0.2) is 0 Å². The molecule has 4 aromatic rings. The second kappa shape index (κ2) is 9.88. The van der Waals surface area contributed by atoms with Crippen molar-refractivity contribution in [2.45, 2.75) is 38.4 Å². The normalized spacial score (nSPS) is 14.8. The lowest BCUT2D eigenvalue weighted by atomic mass is 9.88. The van der Waals surface area contributed by atoms with Crippen LogP contribution in [0.5, 0.6) is 0 Å². The molecule has 2 aromatic carbocycles. The van der Waals surface area contributed by atoms with Crippen molar-refractivity contribution < 1.29 is 22.4 Å². The van der Waals surface area contributed by atoms with Gasteiger partial charge in [0.25, 0.3) is 5.91 Å². The van der Waals surface area contributed by atoms with Crippen molar-refractivity contribution in [3.8, 4) is 0 Å². The summed E-state index contributed by atoms with van der Waals surface area (Å²) < 4.78 is 53.6. The molecule has 2 aromatic heterocycles. The number of alkyl halides is 3. The molecule has 9 heteroatoms. The van der Waals surface area contributed by atoms with E-state index in [-0.39, 0.29) is 11.8 Å². The predicted molar refractivity (Wildman–Crippen MR) is 133 cm³/mol. The monoisotopic (exact) mass is 510 g/mol. The van der Waals surface area contributed by atoms with Crippen molar-refractivity contribution in [2.24, 2.45) is 0 Å². The zero-order valence-electron chi connectivity index (χ0n) is 20.2. The smallest absolute Gasteiger partial charge is 0.371 e. The lowest BCUT2D eigenvalue weighted by Gasteiger charge is -2.34. The molecule has 192 valence electrons. The summed E-state index contributed by atoms with van der Waals surface area (Å²) in [5.41, 5.74) is 3.66. The van der Waals surface area contributed by atoms with Gasteiger partial charge in [0.2, 0.25) is 0 Å². The first-order valence-corrected chi connectivity index (χ1v) is 12.1. The minimum Gasteiger partial charge on any atom is -0.371 e. The Morgan fingerprint density at radius 3 is 2.32 bits per heavy atom. The van der Waals surface area contributed by atoms with Crippen molar-refractivity contribution in [2.75, 3.05) is 18.0 Å². The van der Waals surface area contributed by atoms with Crippen LogP contribution in [0.4, 0.5) is 23.2 Å². The summed E-state index contributed by atoms with van der Waals surface area (Å²) in [6.45, 7) is 3.66. The fourth-order valence-electron chi connectivity index (χ4n) is 4.92. The number of hydrogen-bond donors (Lipinski definition) is 1. The van der Waals surface area contributed by atoms with Crippen molar-refractivity contribution in [3.05, 3.63) is 101 Å². The van der Waals surface area contributed by atoms with E-state index in [0.29, 0.717) is 23.6 Å². The second-order valence-electron chi connectivity index (χ2n) is 9.35. The van der Waals surface area contributed by atoms with Gasteiger partial charge < -0.3 is 10.2 Å².